The second-order valence-corrected chi connectivity index (χ2v) is 7.97. The number of nitrogens with zero attached hydrogens (tertiary/aromatic N) is 4. The first-order valence-corrected chi connectivity index (χ1v) is 9.82. The van der Waals surface area contributed by atoms with Crippen LogP contribution in [0.15, 0.2) is 4.99 Å². The Labute approximate surface area is 158 Å². The summed E-state index contributed by atoms with van der Waals surface area (Å²) in [4.78, 5) is 4.73. The van der Waals surface area contributed by atoms with Crippen molar-refractivity contribution in [1.29, 1.82) is 0 Å². The normalized spacial score (nSPS) is 17.1. The van der Waals surface area contributed by atoms with E-state index in [1.807, 2.05) is 18.5 Å². The molecular formula is C19H36N6O. The molecule has 148 valence electrons. The standard InChI is InChI=1S/C19H36N6O/c1-15(2)12-19(8-6-7-9-19)14-22-18(20-10-11-26-5)21-13-17-24-23-16(3)25(17)4/h15H,6-14H2,1-5H3,(H2,20,21,22). The van der Waals surface area contributed by atoms with Crippen LogP contribution in [0.2, 0.25) is 0 Å². The zero-order chi connectivity index (χ0) is 19.0. The fraction of sp³-hybridized carbons (Fsp3) is 0.842. The Kier molecular flexibility index (Phi) is 7.87. The summed E-state index contributed by atoms with van der Waals surface area (Å²) < 4.78 is 7.14. The third-order valence-electron chi connectivity index (χ3n) is 5.30. The molecule has 0 atom stereocenters. The molecule has 1 aliphatic rings. The monoisotopic (exact) mass is 364 g/mol. The summed E-state index contributed by atoms with van der Waals surface area (Å²) in [6, 6.07) is 0. The van der Waals surface area contributed by atoms with Crippen LogP contribution >= 0.6 is 0 Å². The summed E-state index contributed by atoms with van der Waals surface area (Å²) in [5.74, 6) is 3.32. The largest absolute Gasteiger partial charge is 0.383 e. The van der Waals surface area contributed by atoms with Gasteiger partial charge in [-0.05, 0) is 37.5 Å². The molecule has 0 aliphatic heterocycles. The van der Waals surface area contributed by atoms with Crippen LogP contribution in [0, 0.1) is 18.3 Å². The fourth-order valence-corrected chi connectivity index (χ4v) is 3.90. The van der Waals surface area contributed by atoms with E-state index >= 15 is 0 Å². The van der Waals surface area contributed by atoms with E-state index < -0.39 is 0 Å². The minimum atomic E-state index is 0.402. The maximum absolute atomic E-state index is 5.16. The van der Waals surface area contributed by atoms with Crippen LogP contribution in [0.4, 0.5) is 0 Å². The molecule has 0 unspecified atom stereocenters. The summed E-state index contributed by atoms with van der Waals surface area (Å²) in [5.41, 5.74) is 0.402. The lowest BCUT2D eigenvalue weighted by atomic mass is 9.78. The molecule has 7 heteroatoms. The maximum Gasteiger partial charge on any atom is 0.191 e. The molecule has 1 aromatic heterocycles. The molecule has 26 heavy (non-hydrogen) atoms. The van der Waals surface area contributed by atoms with Gasteiger partial charge in [0.05, 0.1) is 6.61 Å². The smallest absolute Gasteiger partial charge is 0.191 e. The van der Waals surface area contributed by atoms with Gasteiger partial charge >= 0.3 is 0 Å². The highest BCUT2D eigenvalue weighted by molar-refractivity contribution is 5.79. The summed E-state index contributed by atoms with van der Waals surface area (Å²) in [6.07, 6.45) is 6.58. The van der Waals surface area contributed by atoms with E-state index in [4.69, 9.17) is 9.73 Å². The highest BCUT2D eigenvalue weighted by Gasteiger charge is 2.34. The van der Waals surface area contributed by atoms with Crippen molar-refractivity contribution in [2.45, 2.75) is 59.4 Å². The van der Waals surface area contributed by atoms with Crippen molar-refractivity contribution in [3.8, 4) is 0 Å². The molecule has 1 aliphatic carbocycles. The number of aliphatic imine (C=N–C) groups is 1. The summed E-state index contributed by atoms with van der Waals surface area (Å²) in [6.45, 7) is 9.47. The van der Waals surface area contributed by atoms with Crippen LogP contribution in [0.25, 0.3) is 0 Å². The van der Waals surface area contributed by atoms with Crippen molar-refractivity contribution in [1.82, 2.24) is 25.4 Å². The van der Waals surface area contributed by atoms with Gasteiger partial charge < -0.3 is 19.9 Å². The van der Waals surface area contributed by atoms with Crippen LogP contribution in [0.3, 0.4) is 0 Å². The first-order valence-electron chi connectivity index (χ1n) is 9.82. The molecule has 1 aromatic rings. The predicted octanol–water partition coefficient (Wildman–Crippen LogP) is 2.41. The lowest BCUT2D eigenvalue weighted by molar-refractivity contribution is 0.203. The van der Waals surface area contributed by atoms with E-state index in [1.165, 1.54) is 32.1 Å². The highest BCUT2D eigenvalue weighted by Crippen LogP contribution is 2.42. The van der Waals surface area contributed by atoms with E-state index in [-0.39, 0.29) is 0 Å². The van der Waals surface area contributed by atoms with Crippen molar-refractivity contribution >= 4 is 5.96 Å². The van der Waals surface area contributed by atoms with Crippen LogP contribution in [0.1, 0.15) is 57.6 Å². The molecule has 2 rings (SSSR count). The fourth-order valence-electron chi connectivity index (χ4n) is 3.90. The first kappa shape index (κ1) is 20.7. The maximum atomic E-state index is 5.16. The predicted molar refractivity (Wildman–Crippen MR) is 105 cm³/mol. The van der Waals surface area contributed by atoms with Crippen molar-refractivity contribution in [3.63, 3.8) is 0 Å². The van der Waals surface area contributed by atoms with Crippen LogP contribution in [-0.2, 0) is 18.3 Å². The van der Waals surface area contributed by atoms with E-state index in [0.29, 0.717) is 18.6 Å². The van der Waals surface area contributed by atoms with Gasteiger partial charge in [-0.15, -0.1) is 10.2 Å². The molecule has 1 saturated carbocycles. The Morgan fingerprint density at radius 3 is 2.58 bits per heavy atom. The van der Waals surface area contributed by atoms with E-state index in [2.05, 4.69) is 34.7 Å². The molecular weight excluding hydrogens is 328 g/mol. The molecule has 0 saturated heterocycles. The molecule has 1 heterocycles. The zero-order valence-electron chi connectivity index (χ0n) is 17.1. The molecule has 0 spiro atoms. The van der Waals surface area contributed by atoms with Gasteiger partial charge in [-0.3, -0.25) is 0 Å². The average Bonchev–Trinajstić information content (AvgIpc) is 3.18. The van der Waals surface area contributed by atoms with Gasteiger partial charge in [0.1, 0.15) is 12.4 Å². The Hall–Kier alpha value is -1.63. The summed E-state index contributed by atoms with van der Waals surface area (Å²) >= 11 is 0. The lowest BCUT2D eigenvalue weighted by Crippen LogP contribution is -2.44. The Balaban J connectivity index is 2.01. The number of hydrogen-bond acceptors (Lipinski definition) is 4. The Bertz CT molecular complexity index is 575. The number of guanidine groups is 1. The number of methoxy groups -OCH3 is 1. The van der Waals surface area contributed by atoms with E-state index in [9.17, 15) is 0 Å². The molecule has 0 bridgehead atoms. The van der Waals surface area contributed by atoms with Crippen molar-refractivity contribution in [3.05, 3.63) is 11.6 Å². The van der Waals surface area contributed by atoms with Gasteiger partial charge in [-0.25, -0.2) is 4.99 Å². The summed E-state index contributed by atoms with van der Waals surface area (Å²) in [7, 11) is 3.69. The van der Waals surface area contributed by atoms with Gasteiger partial charge in [0.25, 0.3) is 0 Å². The van der Waals surface area contributed by atoms with Crippen LogP contribution in [-0.4, -0.2) is 47.5 Å². The van der Waals surface area contributed by atoms with Gasteiger partial charge in [0.2, 0.25) is 0 Å². The quantitative estimate of drug-likeness (QED) is 0.400. The van der Waals surface area contributed by atoms with Crippen LogP contribution in [0.5, 0.6) is 0 Å². The topological polar surface area (TPSA) is 76.4 Å². The first-order chi connectivity index (χ1) is 12.5. The molecule has 2 N–H and O–H groups in total. The van der Waals surface area contributed by atoms with Gasteiger partial charge in [0.15, 0.2) is 11.8 Å². The number of aryl methyl sites for hydroxylation is 1. The van der Waals surface area contributed by atoms with Crippen molar-refractivity contribution in [2.24, 2.45) is 23.4 Å². The lowest BCUT2D eigenvalue weighted by Gasteiger charge is -2.32. The number of nitrogens with one attached hydrogen (secondary N) is 2. The second-order valence-electron chi connectivity index (χ2n) is 7.97. The SMILES string of the molecule is COCCNC(=NCc1nnc(C)n1C)NCC1(CC(C)C)CCCC1. The summed E-state index contributed by atoms with van der Waals surface area (Å²) in [5, 5.41) is 15.3. The van der Waals surface area contributed by atoms with Gasteiger partial charge in [0, 0.05) is 27.2 Å². The van der Waals surface area contributed by atoms with Gasteiger partial charge in [-0.1, -0.05) is 26.7 Å². The molecule has 0 amide bonds. The Morgan fingerprint density at radius 2 is 2.00 bits per heavy atom. The minimum absolute atomic E-state index is 0.402. The highest BCUT2D eigenvalue weighted by atomic mass is 16.5. The molecule has 1 fully saturated rings. The van der Waals surface area contributed by atoms with E-state index in [0.717, 1.165) is 36.6 Å². The molecule has 7 nitrogen and oxygen atoms in total. The van der Waals surface area contributed by atoms with E-state index in [1.54, 1.807) is 7.11 Å². The minimum Gasteiger partial charge on any atom is -0.383 e. The third kappa shape index (κ3) is 5.97. The molecule has 0 radical (unpaired) electrons. The zero-order valence-corrected chi connectivity index (χ0v) is 17.1. The molecule has 0 aromatic carbocycles. The van der Waals surface area contributed by atoms with Crippen molar-refractivity contribution < 1.29 is 4.74 Å². The van der Waals surface area contributed by atoms with Crippen molar-refractivity contribution in [2.75, 3.05) is 26.8 Å². The number of aromatic nitrogens is 3. The number of ether oxygens (including phenoxy) is 1. The van der Waals surface area contributed by atoms with Crippen LogP contribution < -0.4 is 10.6 Å². The third-order valence-corrected chi connectivity index (χ3v) is 5.30. The Morgan fingerprint density at radius 1 is 1.27 bits per heavy atom. The number of rotatable bonds is 9. The number of hydrogen-bond donors (Lipinski definition) is 2. The average molecular weight is 365 g/mol. The van der Waals surface area contributed by atoms with Gasteiger partial charge in [-0.2, -0.15) is 0 Å². The second kappa shape index (κ2) is 9.90.